The highest BCUT2D eigenvalue weighted by molar-refractivity contribution is 6.14. The Balaban J connectivity index is 1.45. The number of aromatic nitrogens is 1. The number of carbonyl (C=O) groups excluding carboxylic acids is 3. The largest absolute Gasteiger partial charge is 0.465 e. The van der Waals surface area contributed by atoms with Gasteiger partial charge in [-0.1, -0.05) is 60.7 Å². The molecule has 0 saturated carbocycles. The monoisotopic (exact) mass is 465 g/mol. The molecule has 0 aliphatic carbocycles. The van der Waals surface area contributed by atoms with Gasteiger partial charge in [-0.05, 0) is 35.4 Å². The van der Waals surface area contributed by atoms with E-state index in [0.717, 1.165) is 27.6 Å². The Bertz CT molecular complexity index is 1470. The molecule has 4 aromatic rings. The lowest BCUT2D eigenvalue weighted by atomic mass is 10.1. The van der Waals surface area contributed by atoms with Crippen LogP contribution in [0.15, 0.2) is 90.8 Å². The molecule has 174 valence electrons. The second-order valence-electron chi connectivity index (χ2n) is 8.29. The van der Waals surface area contributed by atoms with Crippen LogP contribution in [0.5, 0.6) is 0 Å². The first-order valence-corrected chi connectivity index (χ1v) is 11.2. The molecule has 2 heterocycles. The molecule has 5 rings (SSSR count). The molecule has 35 heavy (non-hydrogen) atoms. The van der Waals surface area contributed by atoms with Crippen molar-refractivity contribution >= 4 is 34.9 Å². The number of hydrogen-bond acceptors (Lipinski definition) is 4. The summed E-state index contributed by atoms with van der Waals surface area (Å²) in [6.45, 7) is 0.732. The van der Waals surface area contributed by atoms with Crippen molar-refractivity contribution in [2.75, 3.05) is 7.11 Å². The van der Waals surface area contributed by atoms with Gasteiger partial charge in [0, 0.05) is 29.2 Å². The molecule has 0 atom stereocenters. The van der Waals surface area contributed by atoms with E-state index in [1.807, 2.05) is 72.9 Å². The number of benzene rings is 3. The number of esters is 1. The first-order chi connectivity index (χ1) is 17.0. The third-order valence-electron chi connectivity index (χ3n) is 5.97. The van der Waals surface area contributed by atoms with Crippen molar-refractivity contribution in [3.8, 4) is 0 Å². The minimum atomic E-state index is -0.437. The summed E-state index contributed by atoms with van der Waals surface area (Å²) in [5, 5.41) is 3.66. The molecule has 1 aliphatic rings. The van der Waals surface area contributed by atoms with E-state index < -0.39 is 6.03 Å². The van der Waals surface area contributed by atoms with Crippen LogP contribution in [0, 0.1) is 0 Å². The quantitative estimate of drug-likeness (QED) is 0.257. The number of para-hydroxylation sites is 1. The zero-order chi connectivity index (χ0) is 24.4. The molecule has 1 fully saturated rings. The van der Waals surface area contributed by atoms with Crippen LogP contribution in [0.3, 0.4) is 0 Å². The van der Waals surface area contributed by atoms with Crippen molar-refractivity contribution in [3.63, 3.8) is 0 Å². The molecule has 1 aliphatic heterocycles. The van der Waals surface area contributed by atoms with Crippen molar-refractivity contribution in [1.29, 1.82) is 0 Å². The molecule has 7 nitrogen and oxygen atoms in total. The van der Waals surface area contributed by atoms with Gasteiger partial charge in [-0.15, -0.1) is 0 Å². The first-order valence-electron chi connectivity index (χ1n) is 11.2. The smallest absolute Gasteiger partial charge is 0.337 e. The summed E-state index contributed by atoms with van der Waals surface area (Å²) in [6, 6.07) is 24.1. The number of nitrogens with zero attached hydrogens (tertiary/aromatic N) is 2. The van der Waals surface area contributed by atoms with Gasteiger partial charge in [0.2, 0.25) is 0 Å². The molecular weight excluding hydrogens is 442 g/mol. The number of imide groups is 1. The summed E-state index contributed by atoms with van der Waals surface area (Å²) < 4.78 is 6.89. The maximum atomic E-state index is 13.0. The number of carbonyl (C=O) groups is 3. The lowest BCUT2D eigenvalue weighted by molar-refractivity contribution is -0.123. The van der Waals surface area contributed by atoms with Gasteiger partial charge in [0.25, 0.3) is 5.91 Å². The normalized spacial score (nSPS) is 14.5. The maximum Gasteiger partial charge on any atom is 0.337 e. The van der Waals surface area contributed by atoms with Gasteiger partial charge in [-0.3, -0.25) is 9.69 Å². The number of amides is 3. The van der Waals surface area contributed by atoms with Crippen LogP contribution in [0.4, 0.5) is 4.79 Å². The van der Waals surface area contributed by atoms with Crippen LogP contribution in [-0.2, 0) is 22.6 Å². The zero-order valence-corrected chi connectivity index (χ0v) is 19.1. The van der Waals surface area contributed by atoms with Gasteiger partial charge >= 0.3 is 12.0 Å². The number of nitrogens with one attached hydrogen (secondary N) is 1. The Morgan fingerprint density at radius 1 is 0.914 bits per heavy atom. The van der Waals surface area contributed by atoms with Crippen molar-refractivity contribution in [3.05, 3.63) is 113 Å². The highest BCUT2D eigenvalue weighted by Gasteiger charge is 2.33. The Morgan fingerprint density at radius 2 is 1.66 bits per heavy atom. The molecule has 1 aromatic heterocycles. The van der Waals surface area contributed by atoms with E-state index >= 15 is 0 Å². The Hall–Kier alpha value is -4.65. The first kappa shape index (κ1) is 22.2. The number of hydrogen-bond donors (Lipinski definition) is 1. The van der Waals surface area contributed by atoms with Crippen LogP contribution in [-0.4, -0.2) is 34.5 Å². The third kappa shape index (κ3) is 4.44. The van der Waals surface area contributed by atoms with Crippen LogP contribution in [0.25, 0.3) is 17.0 Å². The summed E-state index contributed by atoms with van der Waals surface area (Å²) in [5.74, 6) is -0.744. The lowest BCUT2D eigenvalue weighted by Gasteiger charge is -2.11. The summed E-state index contributed by atoms with van der Waals surface area (Å²) in [6.07, 6.45) is 3.66. The molecule has 7 heteroatoms. The van der Waals surface area contributed by atoms with Crippen LogP contribution < -0.4 is 5.32 Å². The van der Waals surface area contributed by atoms with Crippen molar-refractivity contribution < 1.29 is 19.1 Å². The summed E-state index contributed by atoms with van der Waals surface area (Å²) in [4.78, 5) is 38.7. The van der Waals surface area contributed by atoms with E-state index in [1.165, 1.54) is 12.0 Å². The van der Waals surface area contributed by atoms with Crippen LogP contribution in [0.1, 0.15) is 27.0 Å². The van der Waals surface area contributed by atoms with Crippen LogP contribution in [0.2, 0.25) is 0 Å². The summed E-state index contributed by atoms with van der Waals surface area (Å²) in [5.41, 5.74) is 4.33. The second kappa shape index (κ2) is 9.30. The number of methoxy groups -OCH3 is 1. The molecule has 0 spiro atoms. The van der Waals surface area contributed by atoms with Gasteiger partial charge in [0.1, 0.15) is 5.70 Å². The molecule has 0 unspecified atom stereocenters. The number of ether oxygens (including phenoxy) is 1. The summed E-state index contributed by atoms with van der Waals surface area (Å²) >= 11 is 0. The minimum Gasteiger partial charge on any atom is -0.465 e. The fraction of sp³-hybridized carbons (Fsp3) is 0.107. The number of fused-ring (bicyclic) bond motifs is 1. The highest BCUT2D eigenvalue weighted by atomic mass is 16.5. The van der Waals surface area contributed by atoms with Crippen molar-refractivity contribution in [1.82, 2.24) is 14.8 Å². The Labute approximate surface area is 202 Å². The average molecular weight is 466 g/mol. The van der Waals surface area contributed by atoms with E-state index in [2.05, 4.69) is 9.88 Å². The van der Waals surface area contributed by atoms with Crippen molar-refractivity contribution in [2.45, 2.75) is 13.1 Å². The molecule has 3 amide bonds. The van der Waals surface area contributed by atoms with Crippen LogP contribution >= 0.6 is 0 Å². The Morgan fingerprint density at radius 3 is 2.46 bits per heavy atom. The summed E-state index contributed by atoms with van der Waals surface area (Å²) in [7, 11) is 1.36. The van der Waals surface area contributed by atoms with Crippen molar-refractivity contribution in [2.24, 2.45) is 0 Å². The minimum absolute atomic E-state index is 0.209. The predicted octanol–water partition coefficient (Wildman–Crippen LogP) is 4.57. The number of rotatable bonds is 6. The fourth-order valence-corrected chi connectivity index (χ4v) is 4.27. The van der Waals surface area contributed by atoms with E-state index in [4.69, 9.17) is 4.74 Å². The second-order valence-corrected chi connectivity index (χ2v) is 8.29. The topological polar surface area (TPSA) is 80.6 Å². The molecule has 1 N–H and O–H groups in total. The zero-order valence-electron chi connectivity index (χ0n) is 19.1. The Kier molecular flexibility index (Phi) is 5.89. The maximum absolute atomic E-state index is 13.0. The lowest BCUT2D eigenvalue weighted by Crippen LogP contribution is -2.30. The van der Waals surface area contributed by atoms with E-state index in [-0.39, 0.29) is 24.1 Å². The van der Waals surface area contributed by atoms with Gasteiger partial charge in [-0.2, -0.15) is 0 Å². The van der Waals surface area contributed by atoms with Gasteiger partial charge in [0.05, 0.1) is 19.2 Å². The molecular formula is C28H23N3O4. The predicted molar refractivity (Wildman–Crippen MR) is 132 cm³/mol. The van der Waals surface area contributed by atoms with Gasteiger partial charge in [0.15, 0.2) is 0 Å². The molecule has 0 bridgehead atoms. The van der Waals surface area contributed by atoms with E-state index in [1.54, 1.807) is 18.2 Å². The van der Waals surface area contributed by atoms with E-state index in [9.17, 15) is 14.4 Å². The highest BCUT2D eigenvalue weighted by Crippen LogP contribution is 2.26. The van der Waals surface area contributed by atoms with Gasteiger partial charge in [-0.25, -0.2) is 9.59 Å². The fourth-order valence-electron chi connectivity index (χ4n) is 4.27. The average Bonchev–Trinajstić information content (AvgIpc) is 3.36. The molecule has 3 aromatic carbocycles. The third-order valence-corrected chi connectivity index (χ3v) is 5.97. The SMILES string of the molecule is COC(=O)c1cccc(Cn2cc(/C=C3\NC(=O)N(Cc4ccccc4)C3=O)c3ccccc32)c1. The number of urea groups is 1. The molecule has 1 saturated heterocycles. The van der Waals surface area contributed by atoms with Gasteiger partial charge < -0.3 is 14.6 Å². The van der Waals surface area contributed by atoms with E-state index in [0.29, 0.717) is 12.1 Å². The molecule has 0 radical (unpaired) electrons. The standard InChI is InChI=1S/C28H23N3O4/c1-35-27(33)21-11-7-10-20(14-21)16-30-18-22(23-12-5-6-13-25(23)30)15-24-26(32)31(28(34)29-24)17-19-8-3-2-4-9-19/h2-15,18H,16-17H2,1H3,(H,29,34)/b24-15-.